The number of amides is 1. The molecule has 0 aliphatic carbocycles. The number of carbonyl (C=O) groups excluding carboxylic acids is 1. The summed E-state index contributed by atoms with van der Waals surface area (Å²) >= 11 is 0. The van der Waals surface area contributed by atoms with Gasteiger partial charge in [0.15, 0.2) is 0 Å². The first-order valence-corrected chi connectivity index (χ1v) is 8.44. The van der Waals surface area contributed by atoms with Crippen molar-refractivity contribution in [1.82, 2.24) is 4.98 Å². The Kier molecular flexibility index (Phi) is 5.28. The lowest BCUT2D eigenvalue weighted by Crippen LogP contribution is -2.38. The topological polar surface area (TPSA) is 45.7 Å². The van der Waals surface area contributed by atoms with Gasteiger partial charge in [0, 0.05) is 30.9 Å². The highest BCUT2D eigenvalue weighted by Crippen LogP contribution is 2.24. The van der Waals surface area contributed by atoms with E-state index in [9.17, 15) is 9.18 Å². The summed E-state index contributed by atoms with van der Waals surface area (Å²) in [5, 5.41) is 0. The number of nitrogens with zero attached hydrogens (tertiary/aromatic N) is 3. The zero-order chi connectivity index (χ0) is 17.8. The fraction of sp³-hybridized carbons (Fsp3) is 0.368. The molecule has 0 radical (unpaired) electrons. The molecule has 1 aliphatic rings. The summed E-state index contributed by atoms with van der Waals surface area (Å²) in [6, 6.07) is 8.21. The van der Waals surface area contributed by atoms with Crippen LogP contribution in [0.3, 0.4) is 0 Å². The van der Waals surface area contributed by atoms with Gasteiger partial charge in [-0.25, -0.2) is 4.39 Å². The number of hydrogen-bond donors (Lipinski definition) is 0. The number of anilines is 2. The number of pyridine rings is 1. The predicted octanol–water partition coefficient (Wildman–Crippen LogP) is 3.11. The van der Waals surface area contributed by atoms with Crippen LogP contribution in [0.15, 0.2) is 42.7 Å². The molecule has 1 saturated heterocycles. The zero-order valence-corrected chi connectivity index (χ0v) is 14.5. The maximum atomic E-state index is 14.6. The normalized spacial score (nSPS) is 14.6. The number of halogens is 1. The van der Waals surface area contributed by atoms with Crippen molar-refractivity contribution in [3.63, 3.8) is 0 Å². The summed E-state index contributed by atoms with van der Waals surface area (Å²) in [6.45, 7) is 6.31. The molecule has 0 saturated carbocycles. The second-order valence-electron chi connectivity index (χ2n) is 6.25. The molecule has 0 unspecified atom stereocenters. The molecule has 25 heavy (non-hydrogen) atoms. The fourth-order valence-corrected chi connectivity index (χ4v) is 2.99. The number of hydrogen-bond acceptors (Lipinski definition) is 4. The molecule has 6 heteroatoms. The Balaban J connectivity index is 1.87. The third-order valence-electron chi connectivity index (χ3n) is 4.21. The largest absolute Gasteiger partial charge is 0.378 e. The first-order valence-electron chi connectivity index (χ1n) is 8.44. The van der Waals surface area contributed by atoms with Crippen molar-refractivity contribution in [2.75, 3.05) is 36.1 Å². The van der Waals surface area contributed by atoms with Crippen molar-refractivity contribution in [2.24, 2.45) is 0 Å². The van der Waals surface area contributed by atoms with E-state index in [1.165, 1.54) is 6.07 Å². The average Bonchev–Trinajstić information content (AvgIpc) is 2.63. The van der Waals surface area contributed by atoms with Gasteiger partial charge in [0.1, 0.15) is 5.82 Å². The first kappa shape index (κ1) is 17.4. The lowest BCUT2D eigenvalue weighted by molar-refractivity contribution is 0.0979. The summed E-state index contributed by atoms with van der Waals surface area (Å²) in [6.07, 6.45) is 3.29. The molecule has 1 aromatic heterocycles. The fourth-order valence-electron chi connectivity index (χ4n) is 2.99. The van der Waals surface area contributed by atoms with Crippen LogP contribution in [-0.4, -0.2) is 43.2 Å². The minimum Gasteiger partial charge on any atom is -0.378 e. The van der Waals surface area contributed by atoms with Gasteiger partial charge in [-0.1, -0.05) is 0 Å². The molecular formula is C19H22FN3O2. The van der Waals surface area contributed by atoms with Crippen LogP contribution in [-0.2, 0) is 4.74 Å². The first-order chi connectivity index (χ1) is 12.1. The molecule has 2 aromatic rings. The van der Waals surface area contributed by atoms with Gasteiger partial charge in [-0.3, -0.25) is 9.78 Å². The molecule has 0 bridgehead atoms. The van der Waals surface area contributed by atoms with Crippen LogP contribution >= 0.6 is 0 Å². The van der Waals surface area contributed by atoms with Crippen molar-refractivity contribution in [3.05, 3.63) is 54.1 Å². The van der Waals surface area contributed by atoms with E-state index in [1.807, 2.05) is 24.8 Å². The van der Waals surface area contributed by atoms with E-state index in [0.717, 1.165) is 0 Å². The zero-order valence-electron chi connectivity index (χ0n) is 14.5. The van der Waals surface area contributed by atoms with Crippen LogP contribution in [0.2, 0.25) is 0 Å². The minimum absolute atomic E-state index is 0.0707. The van der Waals surface area contributed by atoms with Crippen molar-refractivity contribution >= 4 is 17.3 Å². The van der Waals surface area contributed by atoms with Crippen LogP contribution in [0.5, 0.6) is 0 Å². The number of benzene rings is 1. The smallest absolute Gasteiger partial charge is 0.258 e. The van der Waals surface area contributed by atoms with E-state index in [-0.39, 0.29) is 17.8 Å². The molecule has 0 spiro atoms. The SMILES string of the molecule is CC(C)N(C(=O)c1ccc(N2CCOCC2)c(F)c1)c1cccnc1. The summed E-state index contributed by atoms with van der Waals surface area (Å²) < 4.78 is 19.9. The van der Waals surface area contributed by atoms with Crippen molar-refractivity contribution < 1.29 is 13.9 Å². The molecule has 5 nitrogen and oxygen atoms in total. The molecule has 1 amide bonds. The predicted molar refractivity (Wildman–Crippen MR) is 95.6 cm³/mol. The number of rotatable bonds is 4. The Morgan fingerprint density at radius 3 is 2.64 bits per heavy atom. The lowest BCUT2D eigenvalue weighted by Gasteiger charge is -2.30. The molecule has 0 atom stereocenters. The van der Waals surface area contributed by atoms with Crippen LogP contribution in [0, 0.1) is 5.82 Å². The highest BCUT2D eigenvalue weighted by Gasteiger charge is 2.23. The summed E-state index contributed by atoms with van der Waals surface area (Å²) in [7, 11) is 0. The molecule has 132 valence electrons. The molecule has 0 N–H and O–H groups in total. The van der Waals surface area contributed by atoms with Crippen LogP contribution in [0.1, 0.15) is 24.2 Å². The Bertz CT molecular complexity index is 731. The molecule has 3 rings (SSSR count). The van der Waals surface area contributed by atoms with E-state index < -0.39 is 0 Å². The number of aromatic nitrogens is 1. The van der Waals surface area contributed by atoms with Gasteiger partial charge in [0.2, 0.25) is 0 Å². The van der Waals surface area contributed by atoms with E-state index in [2.05, 4.69) is 4.98 Å². The molecular weight excluding hydrogens is 321 g/mol. The van der Waals surface area contributed by atoms with Gasteiger partial charge in [-0.2, -0.15) is 0 Å². The Labute approximate surface area is 147 Å². The van der Waals surface area contributed by atoms with Crippen molar-refractivity contribution in [2.45, 2.75) is 19.9 Å². The highest BCUT2D eigenvalue weighted by atomic mass is 19.1. The number of ether oxygens (including phenoxy) is 1. The van der Waals surface area contributed by atoms with Gasteiger partial charge in [-0.15, -0.1) is 0 Å². The number of carbonyl (C=O) groups is 1. The number of morpholine rings is 1. The molecule has 1 fully saturated rings. The van der Waals surface area contributed by atoms with Gasteiger partial charge in [0.05, 0.1) is 30.8 Å². The maximum absolute atomic E-state index is 14.6. The van der Waals surface area contributed by atoms with Gasteiger partial charge >= 0.3 is 0 Å². The van der Waals surface area contributed by atoms with Gasteiger partial charge < -0.3 is 14.5 Å². The summed E-state index contributed by atoms with van der Waals surface area (Å²) in [5.74, 6) is -0.627. The molecule has 2 heterocycles. The van der Waals surface area contributed by atoms with E-state index in [0.29, 0.717) is 43.2 Å². The van der Waals surface area contributed by atoms with Crippen LogP contribution in [0.25, 0.3) is 0 Å². The third kappa shape index (κ3) is 3.79. The Hall–Kier alpha value is -2.47. The van der Waals surface area contributed by atoms with E-state index >= 15 is 0 Å². The summed E-state index contributed by atoms with van der Waals surface area (Å²) in [5.41, 5.74) is 1.53. The van der Waals surface area contributed by atoms with Gasteiger partial charge in [-0.05, 0) is 44.2 Å². The van der Waals surface area contributed by atoms with Gasteiger partial charge in [0.25, 0.3) is 5.91 Å². The maximum Gasteiger partial charge on any atom is 0.258 e. The van der Waals surface area contributed by atoms with Crippen molar-refractivity contribution in [3.8, 4) is 0 Å². The third-order valence-corrected chi connectivity index (χ3v) is 4.21. The minimum atomic E-state index is -0.386. The highest BCUT2D eigenvalue weighted by molar-refractivity contribution is 6.06. The van der Waals surface area contributed by atoms with Crippen molar-refractivity contribution in [1.29, 1.82) is 0 Å². The van der Waals surface area contributed by atoms with Crippen LogP contribution in [0.4, 0.5) is 15.8 Å². The second kappa shape index (κ2) is 7.61. The van der Waals surface area contributed by atoms with Crippen LogP contribution < -0.4 is 9.80 Å². The van der Waals surface area contributed by atoms with E-state index in [1.54, 1.807) is 35.5 Å². The lowest BCUT2D eigenvalue weighted by atomic mass is 10.1. The monoisotopic (exact) mass is 343 g/mol. The molecule has 1 aromatic carbocycles. The summed E-state index contributed by atoms with van der Waals surface area (Å²) in [4.78, 5) is 20.6. The second-order valence-corrected chi connectivity index (χ2v) is 6.25. The average molecular weight is 343 g/mol. The Morgan fingerprint density at radius 2 is 2.04 bits per heavy atom. The standard InChI is InChI=1S/C19H22FN3O2/c1-14(2)23(16-4-3-7-21-13-16)19(24)15-5-6-18(17(20)12-15)22-8-10-25-11-9-22/h3-7,12-14H,8-11H2,1-2H3. The Morgan fingerprint density at radius 1 is 1.28 bits per heavy atom. The molecule has 1 aliphatic heterocycles. The van der Waals surface area contributed by atoms with E-state index in [4.69, 9.17) is 4.74 Å². The quantitative estimate of drug-likeness (QED) is 0.856.